The molecule has 3 rings (SSSR count). The van der Waals surface area contributed by atoms with Crippen LogP contribution in [0.2, 0.25) is 0 Å². The monoisotopic (exact) mass is 360 g/mol. The number of nitrogen functional groups attached to an aromatic ring is 1. The zero-order valence-electron chi connectivity index (χ0n) is 15.0. The summed E-state index contributed by atoms with van der Waals surface area (Å²) in [5, 5.41) is 20.0. The molecule has 0 bridgehead atoms. The van der Waals surface area contributed by atoms with Gasteiger partial charge in [-0.3, -0.25) is 10.2 Å². The van der Waals surface area contributed by atoms with Crippen LogP contribution >= 0.6 is 0 Å². The maximum absolute atomic E-state index is 12.9. The Morgan fingerprint density at radius 2 is 2.27 bits per heavy atom. The lowest BCUT2D eigenvalue weighted by atomic mass is 9.98. The van der Waals surface area contributed by atoms with Crippen LogP contribution in [0.4, 0.5) is 0 Å². The molecule has 142 valence electrons. The summed E-state index contributed by atoms with van der Waals surface area (Å²) in [7, 11) is 0. The van der Waals surface area contributed by atoms with Crippen LogP contribution in [0.1, 0.15) is 37.7 Å². The fourth-order valence-electron chi connectivity index (χ4n) is 3.85. The van der Waals surface area contributed by atoms with E-state index in [1.807, 2.05) is 17.0 Å². The van der Waals surface area contributed by atoms with Crippen molar-refractivity contribution in [3.05, 3.63) is 29.8 Å². The predicted molar refractivity (Wildman–Crippen MR) is 99.3 cm³/mol. The van der Waals surface area contributed by atoms with E-state index in [4.69, 9.17) is 15.9 Å². The van der Waals surface area contributed by atoms with Crippen molar-refractivity contribution in [3.63, 3.8) is 0 Å². The molecule has 3 atom stereocenters. The molecular weight excluding hydrogens is 332 g/mol. The molecular formula is C19H28N4O3. The molecule has 1 aromatic rings. The predicted octanol–water partition coefficient (Wildman–Crippen LogP) is 0.843. The highest BCUT2D eigenvalue weighted by Gasteiger charge is 2.36. The standard InChI is InChI=1S/C19H28N4O3/c20-18(21)13-4-3-6-15(10-13)26-16-11-17(22-12-16)19(25)23-8-2-1-5-14(23)7-9-24/h3-4,6,10,14,16-17,22,24H,1-2,5,7-9,11-12H2,(H3,20,21). The van der Waals surface area contributed by atoms with E-state index in [1.165, 1.54) is 0 Å². The first-order valence-corrected chi connectivity index (χ1v) is 9.34. The number of carbonyl (C=O) groups is 1. The van der Waals surface area contributed by atoms with Crippen molar-refractivity contribution < 1.29 is 14.6 Å². The van der Waals surface area contributed by atoms with Gasteiger partial charge in [-0.25, -0.2) is 0 Å². The fraction of sp³-hybridized carbons (Fsp3) is 0.579. The van der Waals surface area contributed by atoms with Crippen molar-refractivity contribution in [1.29, 1.82) is 5.41 Å². The lowest BCUT2D eigenvalue weighted by Gasteiger charge is -2.37. The molecule has 2 fully saturated rings. The van der Waals surface area contributed by atoms with Gasteiger partial charge in [-0.1, -0.05) is 12.1 Å². The highest BCUT2D eigenvalue weighted by atomic mass is 16.5. The lowest BCUT2D eigenvalue weighted by molar-refractivity contribution is -0.137. The average molecular weight is 360 g/mol. The SMILES string of the molecule is N=C(N)c1cccc(OC2CNC(C(=O)N3CCCCC3CCO)C2)c1. The number of aliphatic hydroxyl groups excluding tert-OH is 1. The van der Waals surface area contributed by atoms with Crippen molar-refractivity contribution >= 4 is 11.7 Å². The van der Waals surface area contributed by atoms with Gasteiger partial charge in [0.2, 0.25) is 5.91 Å². The number of amidine groups is 1. The number of hydrogen-bond donors (Lipinski definition) is 4. The minimum absolute atomic E-state index is 0.00748. The van der Waals surface area contributed by atoms with Gasteiger partial charge < -0.3 is 25.8 Å². The smallest absolute Gasteiger partial charge is 0.240 e. The van der Waals surface area contributed by atoms with Crippen molar-refractivity contribution in [2.24, 2.45) is 5.73 Å². The quantitative estimate of drug-likeness (QED) is 0.444. The summed E-state index contributed by atoms with van der Waals surface area (Å²) < 4.78 is 5.98. The van der Waals surface area contributed by atoms with Gasteiger partial charge in [-0.2, -0.15) is 0 Å². The van der Waals surface area contributed by atoms with E-state index in [0.29, 0.717) is 30.7 Å². The number of ether oxygens (including phenoxy) is 1. The number of benzene rings is 1. The van der Waals surface area contributed by atoms with Gasteiger partial charge in [0.05, 0.1) is 6.04 Å². The molecule has 2 heterocycles. The van der Waals surface area contributed by atoms with Crippen molar-refractivity contribution in [3.8, 4) is 5.75 Å². The molecule has 1 amide bonds. The number of carbonyl (C=O) groups excluding carboxylic acids is 1. The minimum Gasteiger partial charge on any atom is -0.489 e. The van der Waals surface area contributed by atoms with Gasteiger partial charge in [0.15, 0.2) is 0 Å². The van der Waals surface area contributed by atoms with E-state index in [1.54, 1.807) is 12.1 Å². The number of piperidine rings is 1. The Morgan fingerprint density at radius 3 is 3.04 bits per heavy atom. The molecule has 5 N–H and O–H groups in total. The van der Waals surface area contributed by atoms with Crippen LogP contribution in [0.25, 0.3) is 0 Å². The Kier molecular flexibility index (Phi) is 6.11. The summed E-state index contributed by atoms with van der Waals surface area (Å²) in [5.74, 6) is 0.786. The van der Waals surface area contributed by atoms with Crippen LogP contribution in [0.5, 0.6) is 5.75 Å². The van der Waals surface area contributed by atoms with Gasteiger partial charge in [-0.15, -0.1) is 0 Å². The van der Waals surface area contributed by atoms with E-state index in [0.717, 1.165) is 25.8 Å². The van der Waals surface area contributed by atoms with Gasteiger partial charge in [-0.05, 0) is 37.8 Å². The molecule has 0 saturated carbocycles. The molecule has 7 nitrogen and oxygen atoms in total. The van der Waals surface area contributed by atoms with E-state index in [2.05, 4.69) is 5.32 Å². The normalized spacial score (nSPS) is 25.9. The molecule has 7 heteroatoms. The Bertz CT molecular complexity index is 649. The van der Waals surface area contributed by atoms with Crippen LogP contribution in [-0.2, 0) is 4.79 Å². The van der Waals surface area contributed by atoms with Crippen LogP contribution in [-0.4, -0.2) is 59.6 Å². The van der Waals surface area contributed by atoms with Crippen LogP contribution in [0, 0.1) is 5.41 Å². The topological polar surface area (TPSA) is 112 Å². The number of nitrogens with two attached hydrogens (primary N) is 1. The minimum atomic E-state index is -0.240. The molecule has 1 aromatic carbocycles. The Morgan fingerprint density at radius 1 is 1.42 bits per heavy atom. The first kappa shape index (κ1) is 18.7. The van der Waals surface area contributed by atoms with Crippen LogP contribution in [0.15, 0.2) is 24.3 Å². The summed E-state index contributed by atoms with van der Waals surface area (Å²) >= 11 is 0. The number of aliphatic hydroxyl groups is 1. The number of rotatable bonds is 6. The van der Waals surface area contributed by atoms with E-state index in [9.17, 15) is 9.90 Å². The summed E-state index contributed by atoms with van der Waals surface area (Å²) in [4.78, 5) is 14.8. The number of amides is 1. The van der Waals surface area contributed by atoms with Gasteiger partial charge in [0.25, 0.3) is 0 Å². The number of nitrogens with zero attached hydrogens (tertiary/aromatic N) is 1. The molecule has 0 spiro atoms. The third-order valence-corrected chi connectivity index (χ3v) is 5.21. The molecule has 2 aliphatic heterocycles. The molecule has 2 saturated heterocycles. The Hall–Kier alpha value is -2.12. The lowest BCUT2D eigenvalue weighted by Crippen LogP contribution is -2.50. The maximum Gasteiger partial charge on any atom is 0.240 e. The largest absolute Gasteiger partial charge is 0.489 e. The zero-order valence-corrected chi connectivity index (χ0v) is 15.0. The summed E-state index contributed by atoms with van der Waals surface area (Å²) in [6, 6.07) is 7.07. The fourth-order valence-corrected chi connectivity index (χ4v) is 3.85. The molecule has 0 radical (unpaired) electrons. The van der Waals surface area contributed by atoms with Gasteiger partial charge >= 0.3 is 0 Å². The summed E-state index contributed by atoms with van der Waals surface area (Å²) in [6.45, 7) is 1.50. The van der Waals surface area contributed by atoms with Crippen LogP contribution in [0.3, 0.4) is 0 Å². The Balaban J connectivity index is 1.58. The molecule has 2 aliphatic rings. The van der Waals surface area contributed by atoms with Crippen molar-refractivity contribution in [1.82, 2.24) is 10.2 Å². The van der Waals surface area contributed by atoms with E-state index in [-0.39, 0.29) is 36.5 Å². The molecule has 3 unspecified atom stereocenters. The zero-order chi connectivity index (χ0) is 18.5. The second-order valence-corrected chi connectivity index (χ2v) is 7.07. The first-order chi connectivity index (χ1) is 12.6. The molecule has 26 heavy (non-hydrogen) atoms. The van der Waals surface area contributed by atoms with E-state index >= 15 is 0 Å². The number of likely N-dealkylation sites (tertiary alicyclic amines) is 1. The Labute approximate surface area is 154 Å². The van der Waals surface area contributed by atoms with Crippen molar-refractivity contribution in [2.75, 3.05) is 19.7 Å². The highest BCUT2D eigenvalue weighted by Crippen LogP contribution is 2.24. The van der Waals surface area contributed by atoms with Gasteiger partial charge in [0, 0.05) is 37.7 Å². The molecule has 0 aromatic heterocycles. The highest BCUT2D eigenvalue weighted by molar-refractivity contribution is 5.95. The van der Waals surface area contributed by atoms with E-state index < -0.39 is 0 Å². The maximum atomic E-state index is 12.9. The van der Waals surface area contributed by atoms with Gasteiger partial charge in [0.1, 0.15) is 17.7 Å². The summed E-state index contributed by atoms with van der Waals surface area (Å²) in [5.41, 5.74) is 6.15. The third-order valence-electron chi connectivity index (χ3n) is 5.21. The number of nitrogens with one attached hydrogen (secondary N) is 2. The number of hydrogen-bond acceptors (Lipinski definition) is 5. The van der Waals surface area contributed by atoms with Crippen molar-refractivity contribution in [2.45, 2.75) is 50.3 Å². The second kappa shape index (κ2) is 8.51. The van der Waals surface area contributed by atoms with Crippen LogP contribution < -0.4 is 15.8 Å². The first-order valence-electron chi connectivity index (χ1n) is 9.34. The molecule has 0 aliphatic carbocycles. The second-order valence-electron chi connectivity index (χ2n) is 7.07. The summed E-state index contributed by atoms with van der Waals surface area (Å²) in [6.07, 6.45) is 4.29. The average Bonchev–Trinajstić information content (AvgIpc) is 3.10. The third kappa shape index (κ3) is 4.34.